The van der Waals surface area contributed by atoms with Crippen molar-refractivity contribution in [2.24, 2.45) is 0 Å². The summed E-state index contributed by atoms with van der Waals surface area (Å²) < 4.78 is 9.51. The molecule has 1 aliphatic heterocycles. The molecule has 9 heteroatoms. The van der Waals surface area contributed by atoms with E-state index in [2.05, 4.69) is 31.0 Å². The van der Waals surface area contributed by atoms with Crippen molar-refractivity contribution >= 4 is 23.0 Å². The Morgan fingerprint density at radius 3 is 2.77 bits per heavy atom. The number of ether oxygens (including phenoxy) is 1. The number of piperidine rings is 1. The number of likely N-dealkylation sites (tertiary alicyclic amines) is 1. The molecule has 0 spiro atoms. The smallest absolute Gasteiger partial charge is 0.244 e. The standard InChI is InChI=1S/C22H25N7O2/c1-14-12-23-19-5-4-16(13-28(14)19)18-8-11-29-20(18)21(31-3)25-22(26-29)24-17-6-9-27(10-7-17)15(2)30/h4-5,8,11-13,17H,6-7,9-10H2,1-3H3,(H,24,26). The van der Waals surface area contributed by atoms with Crippen molar-refractivity contribution in [2.45, 2.75) is 32.7 Å². The Balaban J connectivity index is 1.46. The average molecular weight is 419 g/mol. The van der Waals surface area contributed by atoms with Gasteiger partial charge in [-0.2, -0.15) is 4.98 Å². The van der Waals surface area contributed by atoms with E-state index < -0.39 is 0 Å². The van der Waals surface area contributed by atoms with Gasteiger partial charge in [0, 0.05) is 61.5 Å². The van der Waals surface area contributed by atoms with Crippen LogP contribution in [0.5, 0.6) is 5.88 Å². The van der Waals surface area contributed by atoms with Gasteiger partial charge < -0.3 is 19.4 Å². The molecule has 0 aromatic carbocycles. The van der Waals surface area contributed by atoms with Crippen molar-refractivity contribution in [1.29, 1.82) is 0 Å². The lowest BCUT2D eigenvalue weighted by Crippen LogP contribution is -2.41. The average Bonchev–Trinajstić information content (AvgIpc) is 3.37. The van der Waals surface area contributed by atoms with E-state index in [0.717, 1.165) is 53.9 Å². The zero-order valence-corrected chi connectivity index (χ0v) is 17.9. The predicted octanol–water partition coefficient (Wildman–Crippen LogP) is 2.78. The molecule has 1 amide bonds. The summed E-state index contributed by atoms with van der Waals surface area (Å²) in [6, 6.07) is 6.29. The molecule has 0 atom stereocenters. The minimum atomic E-state index is 0.127. The van der Waals surface area contributed by atoms with Gasteiger partial charge in [0.1, 0.15) is 11.2 Å². The van der Waals surface area contributed by atoms with Crippen LogP contribution in [0.2, 0.25) is 0 Å². The molecule has 1 saturated heterocycles. The number of imidazole rings is 1. The Morgan fingerprint density at radius 1 is 1.23 bits per heavy atom. The van der Waals surface area contributed by atoms with Gasteiger partial charge in [-0.25, -0.2) is 9.50 Å². The molecule has 4 aromatic heterocycles. The van der Waals surface area contributed by atoms with Gasteiger partial charge in [0.15, 0.2) is 0 Å². The molecule has 31 heavy (non-hydrogen) atoms. The third kappa shape index (κ3) is 3.45. The Labute approximate surface area is 179 Å². The minimum absolute atomic E-state index is 0.127. The quantitative estimate of drug-likeness (QED) is 0.547. The number of aryl methyl sites for hydroxylation is 1. The predicted molar refractivity (Wildman–Crippen MR) is 117 cm³/mol. The third-order valence-electron chi connectivity index (χ3n) is 5.95. The number of rotatable bonds is 4. The fourth-order valence-corrected chi connectivity index (χ4v) is 4.21. The topological polar surface area (TPSA) is 89.1 Å². The van der Waals surface area contributed by atoms with Crippen LogP contribution in [0.15, 0.2) is 36.8 Å². The van der Waals surface area contributed by atoms with Crippen LogP contribution in [0.4, 0.5) is 5.95 Å². The van der Waals surface area contributed by atoms with Gasteiger partial charge in [-0.1, -0.05) is 0 Å². The number of carbonyl (C=O) groups excluding carboxylic acids is 1. The molecule has 0 saturated carbocycles. The van der Waals surface area contributed by atoms with Gasteiger partial charge in [-0.05, 0) is 38.0 Å². The number of nitrogens with one attached hydrogen (secondary N) is 1. The highest BCUT2D eigenvalue weighted by Crippen LogP contribution is 2.32. The molecular weight excluding hydrogens is 394 g/mol. The number of carbonyl (C=O) groups is 1. The van der Waals surface area contributed by atoms with E-state index in [1.54, 1.807) is 18.5 Å². The molecule has 4 aromatic rings. The largest absolute Gasteiger partial charge is 0.479 e. The molecule has 160 valence electrons. The summed E-state index contributed by atoms with van der Waals surface area (Å²) in [6.45, 7) is 5.14. The summed E-state index contributed by atoms with van der Waals surface area (Å²) in [7, 11) is 1.62. The zero-order chi connectivity index (χ0) is 21.5. The minimum Gasteiger partial charge on any atom is -0.479 e. The highest BCUT2D eigenvalue weighted by atomic mass is 16.5. The van der Waals surface area contributed by atoms with Crippen molar-refractivity contribution in [3.05, 3.63) is 42.5 Å². The molecule has 5 heterocycles. The van der Waals surface area contributed by atoms with Crippen LogP contribution in [0.1, 0.15) is 25.5 Å². The maximum absolute atomic E-state index is 11.5. The number of hydrogen-bond acceptors (Lipinski definition) is 6. The second kappa shape index (κ2) is 7.57. The lowest BCUT2D eigenvalue weighted by Gasteiger charge is -2.31. The summed E-state index contributed by atoms with van der Waals surface area (Å²) in [5.74, 6) is 1.16. The van der Waals surface area contributed by atoms with E-state index in [1.165, 1.54) is 0 Å². The number of nitrogens with zero attached hydrogens (tertiary/aromatic N) is 6. The van der Waals surface area contributed by atoms with Gasteiger partial charge in [0.25, 0.3) is 0 Å². The second-order valence-electron chi connectivity index (χ2n) is 7.94. The van der Waals surface area contributed by atoms with E-state index in [0.29, 0.717) is 11.8 Å². The molecule has 9 nitrogen and oxygen atoms in total. The van der Waals surface area contributed by atoms with Gasteiger partial charge in [0.05, 0.1) is 7.11 Å². The zero-order valence-electron chi connectivity index (χ0n) is 17.9. The van der Waals surface area contributed by atoms with E-state index >= 15 is 0 Å². The molecule has 1 aliphatic rings. The van der Waals surface area contributed by atoms with Crippen molar-refractivity contribution in [1.82, 2.24) is 28.9 Å². The summed E-state index contributed by atoms with van der Waals surface area (Å²) in [6.07, 6.45) is 7.58. The molecule has 0 unspecified atom stereocenters. The van der Waals surface area contributed by atoms with Gasteiger partial charge in [-0.15, -0.1) is 5.10 Å². The van der Waals surface area contributed by atoms with Crippen LogP contribution >= 0.6 is 0 Å². The third-order valence-corrected chi connectivity index (χ3v) is 5.95. The molecular formula is C22H25N7O2. The monoisotopic (exact) mass is 419 g/mol. The van der Waals surface area contributed by atoms with Crippen LogP contribution in [-0.2, 0) is 4.79 Å². The Kier molecular flexibility index (Phi) is 4.72. The van der Waals surface area contributed by atoms with Crippen LogP contribution in [0.25, 0.3) is 22.3 Å². The summed E-state index contributed by atoms with van der Waals surface area (Å²) in [5, 5.41) is 8.07. The number of hydrogen-bond donors (Lipinski definition) is 1. The lowest BCUT2D eigenvalue weighted by molar-refractivity contribution is -0.129. The highest BCUT2D eigenvalue weighted by molar-refractivity contribution is 5.84. The van der Waals surface area contributed by atoms with Crippen LogP contribution < -0.4 is 10.1 Å². The number of methoxy groups -OCH3 is 1. The Morgan fingerprint density at radius 2 is 2.03 bits per heavy atom. The van der Waals surface area contributed by atoms with Crippen LogP contribution in [-0.4, -0.2) is 61.0 Å². The normalized spacial score (nSPS) is 15.0. The molecule has 1 N–H and O–H groups in total. The number of pyridine rings is 1. The molecule has 1 fully saturated rings. The molecule has 0 radical (unpaired) electrons. The molecule has 0 bridgehead atoms. The summed E-state index contributed by atoms with van der Waals surface area (Å²) >= 11 is 0. The van der Waals surface area contributed by atoms with Gasteiger partial charge >= 0.3 is 0 Å². The first-order chi connectivity index (χ1) is 15.0. The van der Waals surface area contributed by atoms with E-state index in [9.17, 15) is 4.79 Å². The number of amides is 1. The SMILES string of the molecule is COc1nc(NC2CCN(C(C)=O)CC2)nn2ccc(-c3ccc4ncc(C)n4c3)c12. The van der Waals surface area contributed by atoms with Crippen LogP contribution in [0.3, 0.4) is 0 Å². The maximum Gasteiger partial charge on any atom is 0.244 e. The Bertz CT molecular complexity index is 1270. The Hall–Kier alpha value is -3.62. The number of aromatic nitrogens is 5. The van der Waals surface area contributed by atoms with Crippen molar-refractivity contribution in [3.63, 3.8) is 0 Å². The van der Waals surface area contributed by atoms with Crippen molar-refractivity contribution in [3.8, 4) is 17.0 Å². The van der Waals surface area contributed by atoms with Crippen LogP contribution in [0, 0.1) is 6.92 Å². The number of anilines is 1. The van der Waals surface area contributed by atoms with E-state index in [1.807, 2.05) is 42.4 Å². The fourth-order valence-electron chi connectivity index (χ4n) is 4.21. The second-order valence-corrected chi connectivity index (χ2v) is 7.94. The van der Waals surface area contributed by atoms with E-state index in [-0.39, 0.29) is 11.9 Å². The van der Waals surface area contributed by atoms with Crippen molar-refractivity contribution in [2.75, 3.05) is 25.5 Å². The van der Waals surface area contributed by atoms with Gasteiger partial charge in [0.2, 0.25) is 17.7 Å². The van der Waals surface area contributed by atoms with Crippen molar-refractivity contribution < 1.29 is 9.53 Å². The fraction of sp³-hybridized carbons (Fsp3) is 0.364. The van der Waals surface area contributed by atoms with Gasteiger partial charge in [-0.3, -0.25) is 4.79 Å². The summed E-state index contributed by atoms with van der Waals surface area (Å²) in [4.78, 5) is 22.4. The summed E-state index contributed by atoms with van der Waals surface area (Å²) in [5.41, 5.74) is 4.83. The first kappa shape index (κ1) is 19.3. The maximum atomic E-state index is 11.5. The molecule has 0 aliphatic carbocycles. The highest BCUT2D eigenvalue weighted by Gasteiger charge is 2.22. The number of fused-ring (bicyclic) bond motifs is 2. The lowest BCUT2D eigenvalue weighted by atomic mass is 10.1. The first-order valence-electron chi connectivity index (χ1n) is 10.4. The first-order valence-corrected chi connectivity index (χ1v) is 10.4. The molecule has 5 rings (SSSR count). The van der Waals surface area contributed by atoms with E-state index in [4.69, 9.17) is 4.74 Å².